The highest BCUT2D eigenvalue weighted by atomic mass is 16.5. The maximum atomic E-state index is 10.7. The van der Waals surface area contributed by atoms with Gasteiger partial charge < -0.3 is 19.3 Å². The third-order valence-electron chi connectivity index (χ3n) is 3.68. The summed E-state index contributed by atoms with van der Waals surface area (Å²) >= 11 is 0. The van der Waals surface area contributed by atoms with Gasteiger partial charge in [0.2, 0.25) is 0 Å². The van der Waals surface area contributed by atoms with Crippen molar-refractivity contribution in [2.75, 3.05) is 26.9 Å². The van der Waals surface area contributed by atoms with Gasteiger partial charge in [-0.1, -0.05) is 12.1 Å². The molecule has 1 saturated heterocycles. The Kier molecular flexibility index (Phi) is 4.80. The van der Waals surface area contributed by atoms with Crippen LogP contribution in [0.5, 0.6) is 5.75 Å². The van der Waals surface area contributed by atoms with Crippen LogP contribution in [0.25, 0.3) is 0 Å². The number of benzene rings is 1. The van der Waals surface area contributed by atoms with Crippen molar-refractivity contribution in [3.63, 3.8) is 0 Å². The van der Waals surface area contributed by atoms with E-state index in [1.165, 1.54) is 0 Å². The number of methoxy groups -OCH3 is 1. The second-order valence-corrected chi connectivity index (χ2v) is 4.79. The molecule has 4 heteroatoms. The molecule has 0 aromatic heterocycles. The molecule has 19 heavy (non-hydrogen) atoms. The van der Waals surface area contributed by atoms with E-state index >= 15 is 0 Å². The predicted octanol–water partition coefficient (Wildman–Crippen LogP) is 2.31. The number of rotatable bonds is 5. The molecule has 1 N–H and O–H groups in total. The molecule has 0 saturated carbocycles. The van der Waals surface area contributed by atoms with Crippen LogP contribution in [0.15, 0.2) is 24.3 Å². The number of hydrogen-bond donors (Lipinski definition) is 1. The van der Waals surface area contributed by atoms with E-state index in [-0.39, 0.29) is 0 Å². The van der Waals surface area contributed by atoms with Crippen LogP contribution in [0.1, 0.15) is 31.4 Å². The Bertz CT molecular complexity index is 393. The first-order valence-corrected chi connectivity index (χ1v) is 6.75. The van der Waals surface area contributed by atoms with Gasteiger partial charge in [0.05, 0.1) is 7.11 Å². The van der Waals surface area contributed by atoms with E-state index in [0.29, 0.717) is 32.7 Å². The smallest absolute Gasteiger partial charge is 0.119 e. The highest BCUT2D eigenvalue weighted by Gasteiger charge is 2.41. The molecular formula is C15H22O4. The van der Waals surface area contributed by atoms with Gasteiger partial charge >= 0.3 is 0 Å². The molecule has 0 bridgehead atoms. The molecule has 1 aliphatic heterocycles. The molecule has 1 atom stereocenters. The van der Waals surface area contributed by atoms with Gasteiger partial charge in [-0.05, 0) is 24.6 Å². The molecule has 0 spiro atoms. The molecule has 1 fully saturated rings. The molecular weight excluding hydrogens is 244 g/mol. The third-order valence-corrected chi connectivity index (χ3v) is 3.68. The van der Waals surface area contributed by atoms with Gasteiger partial charge in [-0.15, -0.1) is 0 Å². The summed E-state index contributed by atoms with van der Waals surface area (Å²) in [6, 6.07) is 7.52. The van der Waals surface area contributed by atoms with Crippen LogP contribution < -0.4 is 4.74 Å². The van der Waals surface area contributed by atoms with Crippen LogP contribution in [0.4, 0.5) is 0 Å². The van der Waals surface area contributed by atoms with Crippen LogP contribution in [-0.4, -0.2) is 37.6 Å². The lowest BCUT2D eigenvalue weighted by Crippen LogP contribution is -2.44. The van der Waals surface area contributed by atoms with E-state index in [2.05, 4.69) is 0 Å². The lowest BCUT2D eigenvalue weighted by atomic mass is 9.84. The first kappa shape index (κ1) is 14.3. The van der Waals surface area contributed by atoms with Crippen molar-refractivity contribution in [1.29, 1.82) is 0 Å². The van der Waals surface area contributed by atoms with Gasteiger partial charge in [-0.2, -0.15) is 0 Å². The maximum Gasteiger partial charge on any atom is 0.119 e. The van der Waals surface area contributed by atoms with E-state index in [1.807, 2.05) is 31.2 Å². The molecule has 4 nitrogen and oxygen atoms in total. The first-order chi connectivity index (χ1) is 9.22. The molecule has 2 rings (SSSR count). The molecule has 0 aliphatic carbocycles. The second kappa shape index (κ2) is 6.37. The van der Waals surface area contributed by atoms with Crippen molar-refractivity contribution in [3.05, 3.63) is 29.8 Å². The van der Waals surface area contributed by atoms with Crippen molar-refractivity contribution in [1.82, 2.24) is 0 Å². The Morgan fingerprint density at radius 3 is 2.74 bits per heavy atom. The van der Waals surface area contributed by atoms with Crippen LogP contribution in [0, 0.1) is 0 Å². The fraction of sp³-hybridized carbons (Fsp3) is 0.600. The minimum atomic E-state index is -0.661. The third kappa shape index (κ3) is 3.08. The summed E-state index contributed by atoms with van der Waals surface area (Å²) in [5, 5.41) is 10.7. The summed E-state index contributed by atoms with van der Waals surface area (Å²) in [5.41, 5.74) is 0.286. The van der Waals surface area contributed by atoms with Crippen LogP contribution in [0.3, 0.4) is 0 Å². The SMILES string of the molecule is CCOC1(C(O)c2cccc(OC)c2)CCOCC1. The van der Waals surface area contributed by atoms with Crippen molar-refractivity contribution in [3.8, 4) is 5.75 Å². The Balaban J connectivity index is 2.24. The average molecular weight is 266 g/mol. The standard InChI is InChI=1S/C15H22O4/c1-3-19-15(7-9-18-10-8-15)14(16)12-5-4-6-13(11-12)17-2/h4-6,11,14,16H,3,7-10H2,1-2H3. The molecule has 0 radical (unpaired) electrons. The fourth-order valence-corrected chi connectivity index (χ4v) is 2.62. The lowest BCUT2D eigenvalue weighted by molar-refractivity contribution is -0.168. The van der Waals surface area contributed by atoms with Gasteiger partial charge in [0.1, 0.15) is 17.5 Å². The highest BCUT2D eigenvalue weighted by molar-refractivity contribution is 5.31. The lowest BCUT2D eigenvalue weighted by Gasteiger charge is -2.40. The summed E-state index contributed by atoms with van der Waals surface area (Å²) in [7, 11) is 1.62. The van der Waals surface area contributed by atoms with Crippen molar-refractivity contribution in [2.45, 2.75) is 31.5 Å². The highest BCUT2D eigenvalue weighted by Crippen LogP contribution is 2.38. The number of aliphatic hydroxyl groups is 1. The van der Waals surface area contributed by atoms with Gasteiger partial charge in [0, 0.05) is 32.7 Å². The molecule has 1 aliphatic rings. The molecule has 1 unspecified atom stereocenters. The minimum absolute atomic E-state index is 0.542. The van der Waals surface area contributed by atoms with E-state index in [1.54, 1.807) is 7.11 Å². The summed E-state index contributed by atoms with van der Waals surface area (Å²) in [4.78, 5) is 0. The Morgan fingerprint density at radius 2 is 2.11 bits per heavy atom. The van der Waals surface area contributed by atoms with Crippen molar-refractivity contribution >= 4 is 0 Å². The molecule has 106 valence electrons. The maximum absolute atomic E-state index is 10.7. The second-order valence-electron chi connectivity index (χ2n) is 4.79. The average Bonchev–Trinajstić information content (AvgIpc) is 2.48. The van der Waals surface area contributed by atoms with Gasteiger partial charge in [0.25, 0.3) is 0 Å². The van der Waals surface area contributed by atoms with E-state index in [4.69, 9.17) is 14.2 Å². The summed E-state index contributed by atoms with van der Waals surface area (Å²) in [6.07, 6.45) is 0.754. The number of hydrogen-bond acceptors (Lipinski definition) is 4. The summed E-state index contributed by atoms with van der Waals surface area (Å²) < 4.78 is 16.5. The topological polar surface area (TPSA) is 47.9 Å². The quantitative estimate of drug-likeness (QED) is 0.888. The first-order valence-electron chi connectivity index (χ1n) is 6.75. The van der Waals surface area contributed by atoms with Gasteiger partial charge in [-0.3, -0.25) is 0 Å². The predicted molar refractivity (Wildman–Crippen MR) is 72.4 cm³/mol. The fourth-order valence-electron chi connectivity index (χ4n) is 2.62. The summed E-state index contributed by atoms with van der Waals surface area (Å²) in [5.74, 6) is 0.746. The van der Waals surface area contributed by atoms with Crippen molar-refractivity contribution < 1.29 is 19.3 Å². The van der Waals surface area contributed by atoms with Crippen LogP contribution >= 0.6 is 0 Å². The summed E-state index contributed by atoms with van der Waals surface area (Å²) in [6.45, 7) is 3.79. The molecule has 0 amide bonds. The number of ether oxygens (including phenoxy) is 3. The van der Waals surface area contributed by atoms with Crippen molar-refractivity contribution in [2.24, 2.45) is 0 Å². The van der Waals surface area contributed by atoms with E-state index < -0.39 is 11.7 Å². The Labute approximate surface area is 114 Å². The van der Waals surface area contributed by atoms with E-state index in [0.717, 1.165) is 11.3 Å². The molecule has 1 aromatic carbocycles. The van der Waals surface area contributed by atoms with E-state index in [9.17, 15) is 5.11 Å². The monoisotopic (exact) mass is 266 g/mol. The zero-order valence-electron chi connectivity index (χ0n) is 11.6. The zero-order chi connectivity index (χ0) is 13.7. The molecule has 1 heterocycles. The van der Waals surface area contributed by atoms with Gasteiger partial charge in [-0.25, -0.2) is 0 Å². The minimum Gasteiger partial charge on any atom is -0.497 e. The normalized spacial score (nSPS) is 19.9. The largest absolute Gasteiger partial charge is 0.497 e. The van der Waals surface area contributed by atoms with Crippen LogP contribution in [0.2, 0.25) is 0 Å². The Hall–Kier alpha value is -1.10. The Morgan fingerprint density at radius 1 is 1.37 bits per heavy atom. The number of aliphatic hydroxyl groups excluding tert-OH is 1. The zero-order valence-corrected chi connectivity index (χ0v) is 11.6. The molecule has 1 aromatic rings. The van der Waals surface area contributed by atoms with Gasteiger partial charge in [0.15, 0.2) is 0 Å². The van der Waals surface area contributed by atoms with Crippen LogP contribution in [-0.2, 0) is 9.47 Å².